The standard InChI is InChI=1S/C11H10F5NO3/c1-2-20-8(19)3-5-6(18)4-7(11(14,15)16)17-9(5)10(12)13/h4,10H,2-3H2,1H3,(H,17,18). The molecule has 0 radical (unpaired) electrons. The van der Waals surface area contributed by atoms with E-state index in [9.17, 15) is 31.5 Å². The number of nitrogens with one attached hydrogen (secondary N) is 1. The molecular formula is C11H10F5NO3. The number of esters is 1. The van der Waals surface area contributed by atoms with Crippen LogP contribution in [0.15, 0.2) is 10.9 Å². The minimum atomic E-state index is -4.97. The van der Waals surface area contributed by atoms with Gasteiger partial charge in [-0.25, -0.2) is 8.78 Å². The second-order valence-corrected chi connectivity index (χ2v) is 3.72. The van der Waals surface area contributed by atoms with Crippen LogP contribution in [-0.4, -0.2) is 17.6 Å². The Bertz CT molecular complexity index is 550. The number of carbonyl (C=O) groups is 1. The maximum Gasteiger partial charge on any atom is 0.431 e. The Labute approximate surface area is 109 Å². The number of halogens is 5. The van der Waals surface area contributed by atoms with Gasteiger partial charge >= 0.3 is 12.1 Å². The van der Waals surface area contributed by atoms with E-state index in [4.69, 9.17) is 0 Å². The van der Waals surface area contributed by atoms with Gasteiger partial charge in [-0.05, 0) is 6.92 Å². The van der Waals surface area contributed by atoms with Crippen molar-refractivity contribution in [2.24, 2.45) is 0 Å². The van der Waals surface area contributed by atoms with Gasteiger partial charge in [0.1, 0.15) is 5.69 Å². The molecule has 0 amide bonds. The Kier molecular flexibility index (Phi) is 4.85. The van der Waals surface area contributed by atoms with Crippen molar-refractivity contribution < 1.29 is 31.5 Å². The normalized spacial score (nSPS) is 11.8. The Morgan fingerprint density at radius 2 is 2.00 bits per heavy atom. The second-order valence-electron chi connectivity index (χ2n) is 3.72. The summed E-state index contributed by atoms with van der Waals surface area (Å²) in [7, 11) is 0. The van der Waals surface area contributed by atoms with Gasteiger partial charge in [0.15, 0.2) is 5.43 Å². The summed E-state index contributed by atoms with van der Waals surface area (Å²) in [6.45, 7) is 1.42. The van der Waals surface area contributed by atoms with Crippen molar-refractivity contribution in [1.29, 1.82) is 0 Å². The smallest absolute Gasteiger partial charge is 0.431 e. The quantitative estimate of drug-likeness (QED) is 0.686. The van der Waals surface area contributed by atoms with Crippen LogP contribution in [0.2, 0.25) is 0 Å². The monoisotopic (exact) mass is 299 g/mol. The molecule has 0 aliphatic carbocycles. The van der Waals surface area contributed by atoms with Crippen LogP contribution in [0.5, 0.6) is 0 Å². The summed E-state index contributed by atoms with van der Waals surface area (Å²) in [6, 6.07) is 0.139. The summed E-state index contributed by atoms with van der Waals surface area (Å²) < 4.78 is 67.2. The molecule has 0 saturated heterocycles. The van der Waals surface area contributed by atoms with Crippen molar-refractivity contribution in [2.45, 2.75) is 25.9 Å². The van der Waals surface area contributed by atoms with Gasteiger partial charge in [-0.2, -0.15) is 13.2 Å². The molecule has 0 bridgehead atoms. The van der Waals surface area contributed by atoms with Gasteiger partial charge in [-0.15, -0.1) is 0 Å². The SMILES string of the molecule is CCOC(=O)Cc1c(C(F)F)[nH]c(C(F)(F)F)cc1=O. The lowest BCUT2D eigenvalue weighted by atomic mass is 10.1. The lowest BCUT2D eigenvalue weighted by Gasteiger charge is -2.12. The van der Waals surface area contributed by atoms with Gasteiger partial charge in [-0.1, -0.05) is 0 Å². The van der Waals surface area contributed by atoms with Crippen LogP contribution >= 0.6 is 0 Å². The second kappa shape index (κ2) is 6.02. The highest BCUT2D eigenvalue weighted by molar-refractivity contribution is 5.72. The number of hydrogen-bond acceptors (Lipinski definition) is 3. The topological polar surface area (TPSA) is 59.2 Å². The average molecular weight is 299 g/mol. The van der Waals surface area contributed by atoms with Crippen LogP contribution in [-0.2, 0) is 22.1 Å². The largest absolute Gasteiger partial charge is 0.466 e. The Morgan fingerprint density at radius 3 is 2.45 bits per heavy atom. The van der Waals surface area contributed by atoms with Crippen LogP contribution in [0, 0.1) is 0 Å². The first-order valence-corrected chi connectivity index (χ1v) is 5.43. The van der Waals surface area contributed by atoms with Gasteiger partial charge in [-0.3, -0.25) is 9.59 Å². The molecule has 0 fully saturated rings. The van der Waals surface area contributed by atoms with E-state index in [1.807, 2.05) is 0 Å². The van der Waals surface area contributed by atoms with E-state index < -0.39 is 47.4 Å². The zero-order valence-corrected chi connectivity index (χ0v) is 10.2. The van der Waals surface area contributed by atoms with Crippen LogP contribution in [0.25, 0.3) is 0 Å². The summed E-state index contributed by atoms with van der Waals surface area (Å²) in [6.07, 6.45) is -9.14. The number of ether oxygens (including phenoxy) is 1. The summed E-state index contributed by atoms with van der Waals surface area (Å²) in [5.74, 6) is -0.973. The maximum absolute atomic E-state index is 12.7. The molecule has 0 unspecified atom stereocenters. The molecule has 1 heterocycles. The molecule has 9 heteroatoms. The fourth-order valence-electron chi connectivity index (χ4n) is 1.49. The van der Waals surface area contributed by atoms with Crippen molar-refractivity contribution in [3.63, 3.8) is 0 Å². The highest BCUT2D eigenvalue weighted by Crippen LogP contribution is 2.29. The number of hydrogen-bond donors (Lipinski definition) is 1. The van der Waals surface area contributed by atoms with E-state index in [0.717, 1.165) is 0 Å². The van der Waals surface area contributed by atoms with E-state index in [-0.39, 0.29) is 12.7 Å². The molecule has 1 N–H and O–H groups in total. The summed E-state index contributed by atoms with van der Waals surface area (Å²) >= 11 is 0. The zero-order valence-electron chi connectivity index (χ0n) is 10.2. The molecule has 0 saturated carbocycles. The first-order chi connectivity index (χ1) is 9.16. The van der Waals surface area contributed by atoms with Gasteiger partial charge in [0.25, 0.3) is 6.43 Å². The number of pyridine rings is 1. The molecule has 4 nitrogen and oxygen atoms in total. The van der Waals surface area contributed by atoms with Gasteiger partial charge in [0, 0.05) is 11.6 Å². The van der Waals surface area contributed by atoms with Crippen LogP contribution in [0.4, 0.5) is 22.0 Å². The minimum absolute atomic E-state index is 0.0403. The molecule has 0 atom stereocenters. The maximum atomic E-state index is 12.7. The number of rotatable bonds is 4. The molecule has 112 valence electrons. The fraction of sp³-hybridized carbons (Fsp3) is 0.455. The number of aromatic nitrogens is 1. The van der Waals surface area contributed by atoms with E-state index >= 15 is 0 Å². The first-order valence-electron chi connectivity index (χ1n) is 5.43. The molecule has 1 rings (SSSR count). The zero-order chi connectivity index (χ0) is 15.5. The highest BCUT2D eigenvalue weighted by atomic mass is 19.4. The van der Waals surface area contributed by atoms with Crippen molar-refractivity contribution in [3.8, 4) is 0 Å². The Balaban J connectivity index is 3.31. The number of aromatic amines is 1. The number of H-pyrrole nitrogens is 1. The molecular weight excluding hydrogens is 289 g/mol. The lowest BCUT2D eigenvalue weighted by Crippen LogP contribution is -2.23. The molecule has 20 heavy (non-hydrogen) atoms. The minimum Gasteiger partial charge on any atom is -0.466 e. The lowest BCUT2D eigenvalue weighted by molar-refractivity contribution is -0.142. The van der Waals surface area contributed by atoms with Crippen LogP contribution < -0.4 is 5.43 Å². The van der Waals surface area contributed by atoms with E-state index in [2.05, 4.69) is 4.74 Å². The predicted octanol–water partition coefficient (Wildman–Crippen LogP) is 2.44. The summed E-state index contributed by atoms with van der Waals surface area (Å²) in [5, 5.41) is 0. The Hall–Kier alpha value is -1.93. The Morgan fingerprint density at radius 1 is 1.40 bits per heavy atom. The van der Waals surface area contributed by atoms with Gasteiger partial charge in [0.2, 0.25) is 0 Å². The molecule has 1 aromatic rings. The van der Waals surface area contributed by atoms with E-state index in [0.29, 0.717) is 0 Å². The van der Waals surface area contributed by atoms with Crippen molar-refractivity contribution in [3.05, 3.63) is 33.2 Å². The van der Waals surface area contributed by atoms with Gasteiger partial charge in [0.05, 0.1) is 18.7 Å². The van der Waals surface area contributed by atoms with Crippen LogP contribution in [0.3, 0.4) is 0 Å². The predicted molar refractivity (Wildman–Crippen MR) is 57.4 cm³/mol. The molecule has 0 aromatic carbocycles. The molecule has 0 aliphatic rings. The van der Waals surface area contributed by atoms with Crippen molar-refractivity contribution >= 4 is 5.97 Å². The third-order valence-electron chi connectivity index (χ3n) is 2.32. The van der Waals surface area contributed by atoms with Crippen molar-refractivity contribution in [2.75, 3.05) is 6.61 Å². The first kappa shape index (κ1) is 16.1. The third-order valence-corrected chi connectivity index (χ3v) is 2.32. The third kappa shape index (κ3) is 3.78. The van der Waals surface area contributed by atoms with Crippen molar-refractivity contribution in [1.82, 2.24) is 4.98 Å². The number of carbonyl (C=O) groups excluding carboxylic acids is 1. The molecule has 0 aliphatic heterocycles. The van der Waals surface area contributed by atoms with Gasteiger partial charge < -0.3 is 9.72 Å². The summed E-state index contributed by atoms with van der Waals surface area (Å²) in [4.78, 5) is 24.1. The number of alkyl halides is 5. The molecule has 0 spiro atoms. The average Bonchev–Trinajstić information content (AvgIpc) is 2.30. The highest BCUT2D eigenvalue weighted by Gasteiger charge is 2.34. The van der Waals surface area contributed by atoms with E-state index in [1.54, 1.807) is 0 Å². The molecule has 1 aromatic heterocycles. The fourth-order valence-corrected chi connectivity index (χ4v) is 1.49. The summed E-state index contributed by atoms with van der Waals surface area (Å²) in [5.41, 5.74) is -4.84. The van der Waals surface area contributed by atoms with Crippen LogP contribution in [0.1, 0.15) is 30.3 Å². The van der Waals surface area contributed by atoms with E-state index in [1.165, 1.54) is 11.9 Å².